The van der Waals surface area contributed by atoms with E-state index in [4.69, 9.17) is 16.3 Å². The van der Waals surface area contributed by atoms with Gasteiger partial charge in [0.2, 0.25) is 0 Å². The third kappa shape index (κ3) is 3.46. The Bertz CT molecular complexity index is 666. The number of hydrogen-bond acceptors (Lipinski definition) is 3. The molecule has 0 saturated heterocycles. The third-order valence-corrected chi connectivity index (χ3v) is 3.57. The summed E-state index contributed by atoms with van der Waals surface area (Å²) in [6, 6.07) is 8.12. The van der Waals surface area contributed by atoms with Gasteiger partial charge in [-0.3, -0.25) is 10.1 Å². The van der Waals surface area contributed by atoms with Gasteiger partial charge < -0.3 is 4.74 Å². The maximum Gasteiger partial charge on any atom is 0.273 e. The van der Waals surface area contributed by atoms with Crippen LogP contribution in [-0.4, -0.2) is 4.92 Å². The summed E-state index contributed by atoms with van der Waals surface area (Å²) >= 11 is 9.13. The van der Waals surface area contributed by atoms with Gasteiger partial charge in [0.05, 0.1) is 16.0 Å². The van der Waals surface area contributed by atoms with E-state index in [-0.39, 0.29) is 28.9 Å². The van der Waals surface area contributed by atoms with Crippen molar-refractivity contribution in [3.8, 4) is 5.75 Å². The molecule has 0 saturated carbocycles. The molecule has 0 spiro atoms. The highest BCUT2D eigenvalue weighted by Gasteiger charge is 2.11. The van der Waals surface area contributed by atoms with Crippen molar-refractivity contribution >= 4 is 33.2 Å². The number of hydrogen-bond donors (Lipinski definition) is 0. The minimum atomic E-state index is -0.531. The molecule has 0 amide bonds. The molecule has 0 heterocycles. The van der Waals surface area contributed by atoms with Crippen LogP contribution in [0.3, 0.4) is 0 Å². The van der Waals surface area contributed by atoms with E-state index in [0.717, 1.165) is 0 Å². The summed E-state index contributed by atoms with van der Waals surface area (Å²) in [6.45, 7) is 0.113. The van der Waals surface area contributed by atoms with Gasteiger partial charge in [-0.25, -0.2) is 4.39 Å². The zero-order valence-electron chi connectivity index (χ0n) is 9.98. The Labute approximate surface area is 127 Å². The molecule has 7 heteroatoms. The number of ether oxygens (including phenoxy) is 1. The first-order chi connectivity index (χ1) is 9.47. The predicted octanol–water partition coefficient (Wildman–Crippen LogP) is 4.73. The van der Waals surface area contributed by atoms with Crippen LogP contribution in [0.15, 0.2) is 40.9 Å². The highest BCUT2D eigenvalue weighted by molar-refractivity contribution is 9.10. The molecule has 0 aliphatic carbocycles. The molecule has 0 unspecified atom stereocenters. The molecule has 0 fully saturated rings. The minimum Gasteiger partial charge on any atom is -0.487 e. The van der Waals surface area contributed by atoms with Crippen LogP contribution < -0.4 is 4.74 Å². The fraction of sp³-hybridized carbons (Fsp3) is 0.0769. The molecule has 104 valence electrons. The first-order valence-corrected chi connectivity index (χ1v) is 6.65. The summed E-state index contributed by atoms with van der Waals surface area (Å²) < 4.78 is 18.9. The Morgan fingerprint density at radius 1 is 1.30 bits per heavy atom. The van der Waals surface area contributed by atoms with Crippen molar-refractivity contribution < 1.29 is 14.1 Å². The van der Waals surface area contributed by atoms with E-state index in [1.54, 1.807) is 6.07 Å². The lowest BCUT2D eigenvalue weighted by Crippen LogP contribution is -1.98. The maximum atomic E-state index is 12.9. The molecule has 0 N–H and O–H groups in total. The highest BCUT2D eigenvalue weighted by Crippen LogP contribution is 2.30. The van der Waals surface area contributed by atoms with Crippen molar-refractivity contribution in [1.29, 1.82) is 0 Å². The van der Waals surface area contributed by atoms with Gasteiger partial charge >= 0.3 is 0 Å². The second-order valence-electron chi connectivity index (χ2n) is 3.90. The van der Waals surface area contributed by atoms with Crippen molar-refractivity contribution in [1.82, 2.24) is 0 Å². The Kier molecular flexibility index (Phi) is 4.57. The predicted molar refractivity (Wildman–Crippen MR) is 76.5 cm³/mol. The molecule has 0 aliphatic heterocycles. The van der Waals surface area contributed by atoms with Crippen molar-refractivity contribution in [3.63, 3.8) is 0 Å². The molecule has 2 aromatic carbocycles. The Morgan fingerprint density at radius 2 is 2.05 bits per heavy atom. The van der Waals surface area contributed by atoms with Gasteiger partial charge in [-0.05, 0) is 18.2 Å². The lowest BCUT2D eigenvalue weighted by atomic mass is 10.2. The third-order valence-electron chi connectivity index (χ3n) is 2.52. The van der Waals surface area contributed by atoms with Crippen LogP contribution in [0.5, 0.6) is 5.75 Å². The summed E-state index contributed by atoms with van der Waals surface area (Å²) in [6.07, 6.45) is 0. The smallest absolute Gasteiger partial charge is 0.273 e. The first-order valence-electron chi connectivity index (χ1n) is 5.48. The van der Waals surface area contributed by atoms with Crippen molar-refractivity contribution in [2.75, 3.05) is 0 Å². The van der Waals surface area contributed by atoms with Crippen LogP contribution >= 0.6 is 27.5 Å². The van der Waals surface area contributed by atoms with Crippen LogP contribution in [0.25, 0.3) is 0 Å². The number of nitrogens with zero attached hydrogens (tertiary/aromatic N) is 1. The average Bonchev–Trinajstić information content (AvgIpc) is 2.39. The number of nitro groups is 1. The second-order valence-corrected chi connectivity index (χ2v) is 5.16. The summed E-state index contributed by atoms with van der Waals surface area (Å²) in [4.78, 5) is 10.2. The van der Waals surface area contributed by atoms with Gasteiger partial charge in [0.25, 0.3) is 5.69 Å². The lowest BCUT2D eigenvalue weighted by molar-refractivity contribution is -0.384. The van der Waals surface area contributed by atoms with Crippen molar-refractivity contribution in [2.24, 2.45) is 0 Å². The fourth-order valence-electron chi connectivity index (χ4n) is 1.51. The molecule has 0 atom stereocenters. The zero-order valence-corrected chi connectivity index (χ0v) is 12.3. The summed E-state index contributed by atoms with van der Waals surface area (Å²) in [7, 11) is 0. The molecular formula is C13H8BrClFNO3. The molecule has 4 nitrogen and oxygen atoms in total. The van der Waals surface area contributed by atoms with Gasteiger partial charge in [0.15, 0.2) is 0 Å². The molecule has 0 aromatic heterocycles. The zero-order chi connectivity index (χ0) is 14.7. The van der Waals surface area contributed by atoms with Crippen LogP contribution in [0.4, 0.5) is 10.1 Å². The minimum absolute atomic E-state index is 0.109. The molecule has 0 aliphatic rings. The largest absolute Gasteiger partial charge is 0.487 e. The van der Waals surface area contributed by atoms with E-state index in [0.29, 0.717) is 10.0 Å². The van der Waals surface area contributed by atoms with Crippen LogP contribution in [-0.2, 0) is 6.61 Å². The van der Waals surface area contributed by atoms with Crippen molar-refractivity contribution in [3.05, 3.63) is 67.4 Å². The Balaban J connectivity index is 2.18. The quantitative estimate of drug-likeness (QED) is 0.585. The number of non-ortho nitro benzene ring substituents is 1. The van der Waals surface area contributed by atoms with E-state index in [9.17, 15) is 14.5 Å². The fourth-order valence-corrected chi connectivity index (χ4v) is 2.15. The monoisotopic (exact) mass is 359 g/mol. The van der Waals surface area contributed by atoms with Crippen LogP contribution in [0, 0.1) is 15.9 Å². The number of nitro benzene ring substituents is 1. The molecule has 2 aromatic rings. The van der Waals surface area contributed by atoms with E-state index >= 15 is 0 Å². The number of halogens is 3. The maximum absolute atomic E-state index is 12.9. The molecule has 0 radical (unpaired) electrons. The Morgan fingerprint density at radius 3 is 2.70 bits per heavy atom. The van der Waals surface area contributed by atoms with E-state index in [1.165, 1.54) is 30.3 Å². The summed E-state index contributed by atoms with van der Waals surface area (Å²) in [5, 5.41) is 11.0. The summed E-state index contributed by atoms with van der Waals surface area (Å²) in [5.41, 5.74) is 0.594. The first kappa shape index (κ1) is 14.7. The van der Waals surface area contributed by atoms with E-state index < -0.39 is 4.92 Å². The average molecular weight is 361 g/mol. The van der Waals surface area contributed by atoms with Gasteiger partial charge in [0.1, 0.15) is 18.2 Å². The standard InChI is InChI=1S/C13H8BrClFNO3/c14-11-5-9(16)2-1-8(11)7-20-13-6-10(17(18)19)3-4-12(13)15/h1-6H,7H2. The van der Waals surface area contributed by atoms with E-state index in [2.05, 4.69) is 15.9 Å². The summed E-state index contributed by atoms with van der Waals surface area (Å²) in [5.74, 6) is -0.161. The van der Waals surface area contributed by atoms with Gasteiger partial charge in [-0.2, -0.15) is 0 Å². The normalized spacial score (nSPS) is 10.3. The van der Waals surface area contributed by atoms with Crippen LogP contribution in [0.2, 0.25) is 5.02 Å². The topological polar surface area (TPSA) is 52.4 Å². The van der Waals surface area contributed by atoms with Gasteiger partial charge in [0, 0.05) is 16.1 Å². The molecule has 2 rings (SSSR count). The van der Waals surface area contributed by atoms with Gasteiger partial charge in [-0.15, -0.1) is 0 Å². The van der Waals surface area contributed by atoms with E-state index in [1.807, 2.05) is 0 Å². The van der Waals surface area contributed by atoms with Crippen molar-refractivity contribution in [2.45, 2.75) is 6.61 Å². The SMILES string of the molecule is O=[N+]([O-])c1ccc(Cl)c(OCc2ccc(F)cc2Br)c1. The van der Waals surface area contributed by atoms with Crippen LogP contribution in [0.1, 0.15) is 5.56 Å². The number of benzene rings is 2. The second kappa shape index (κ2) is 6.19. The lowest BCUT2D eigenvalue weighted by Gasteiger charge is -2.09. The molecule has 20 heavy (non-hydrogen) atoms. The highest BCUT2D eigenvalue weighted by atomic mass is 79.9. The molecular weight excluding hydrogens is 353 g/mol. The van der Waals surface area contributed by atoms with Gasteiger partial charge in [-0.1, -0.05) is 33.6 Å². The number of rotatable bonds is 4. The molecule has 0 bridgehead atoms. The Hall–Kier alpha value is -1.66.